The number of quaternary nitrogens is 1. The van der Waals surface area contributed by atoms with E-state index in [2.05, 4.69) is 31.3 Å². The fourth-order valence-electron chi connectivity index (χ4n) is 6.87. The van der Waals surface area contributed by atoms with Crippen molar-refractivity contribution in [2.75, 3.05) is 40.9 Å². The minimum atomic E-state index is -4.59. The van der Waals surface area contributed by atoms with E-state index in [0.717, 1.165) is 38.5 Å². The van der Waals surface area contributed by atoms with Crippen molar-refractivity contribution in [1.82, 2.24) is 5.32 Å². The first kappa shape index (κ1) is 55.0. The van der Waals surface area contributed by atoms with E-state index in [1.165, 1.54) is 161 Å². The van der Waals surface area contributed by atoms with Gasteiger partial charge in [0.25, 0.3) is 7.82 Å². The second-order valence-electron chi connectivity index (χ2n) is 17.5. The normalized spacial score (nSPS) is 14.5. The zero-order chi connectivity index (χ0) is 41.4. The van der Waals surface area contributed by atoms with E-state index in [1.807, 2.05) is 27.2 Å². The summed E-state index contributed by atoms with van der Waals surface area (Å²) in [6, 6.07) is -0.897. The van der Waals surface area contributed by atoms with Gasteiger partial charge in [0.05, 0.1) is 39.9 Å². The fourth-order valence-corrected chi connectivity index (χ4v) is 7.60. The summed E-state index contributed by atoms with van der Waals surface area (Å²) < 4.78 is 23.2. The first-order valence-corrected chi connectivity index (χ1v) is 25.2. The Morgan fingerprint density at radius 1 is 0.607 bits per heavy atom. The highest BCUT2D eigenvalue weighted by molar-refractivity contribution is 7.45. The van der Waals surface area contributed by atoms with E-state index >= 15 is 0 Å². The van der Waals surface area contributed by atoms with E-state index in [9.17, 15) is 19.4 Å². The highest BCUT2D eigenvalue weighted by atomic mass is 31.2. The van der Waals surface area contributed by atoms with Crippen molar-refractivity contribution < 1.29 is 32.9 Å². The Labute approximate surface area is 347 Å². The van der Waals surface area contributed by atoms with Gasteiger partial charge in [-0.05, 0) is 32.1 Å². The van der Waals surface area contributed by atoms with Crippen LogP contribution < -0.4 is 10.2 Å². The summed E-state index contributed by atoms with van der Waals surface area (Å²) >= 11 is 0. The molecular formula is C47H93N2O6P. The summed E-state index contributed by atoms with van der Waals surface area (Å²) in [6.07, 6.45) is 46.7. The number of likely N-dealkylation sites (N-methyl/N-ethyl adjacent to an activating group) is 1. The van der Waals surface area contributed by atoms with Crippen molar-refractivity contribution in [3.63, 3.8) is 0 Å². The Kier molecular flexibility index (Phi) is 38.7. The molecule has 0 saturated carbocycles. The smallest absolute Gasteiger partial charge is 0.268 e. The van der Waals surface area contributed by atoms with Gasteiger partial charge < -0.3 is 28.8 Å². The SMILES string of the molecule is CCCCCCCC/C=C/CC/C=C/[C@@H](O)[C@H](COP(=O)([O-])OCC[N+](C)(C)C)NC(=O)CCCCCCCCCCCCCCCCCCCCCCCC. The molecule has 0 rings (SSSR count). The maximum atomic E-state index is 12.9. The third kappa shape index (κ3) is 41.2. The molecule has 0 aromatic carbocycles. The molecule has 0 heterocycles. The van der Waals surface area contributed by atoms with Gasteiger partial charge in [-0.25, -0.2) is 0 Å². The molecule has 56 heavy (non-hydrogen) atoms. The first-order valence-electron chi connectivity index (χ1n) is 23.7. The molecule has 1 unspecified atom stereocenters. The van der Waals surface area contributed by atoms with Crippen molar-refractivity contribution in [3.05, 3.63) is 24.3 Å². The monoisotopic (exact) mass is 813 g/mol. The molecule has 8 nitrogen and oxygen atoms in total. The minimum absolute atomic E-state index is 0.00432. The lowest BCUT2D eigenvalue weighted by Crippen LogP contribution is -2.45. The van der Waals surface area contributed by atoms with Gasteiger partial charge in [0, 0.05) is 6.42 Å². The standard InChI is InChI=1S/C47H93N2O6P/c1-6-8-10-12-14-16-18-20-21-22-23-24-25-26-27-28-29-31-33-35-37-39-41-47(51)48-45(44-55-56(52,53)54-43-42-49(3,4)5)46(50)40-38-36-34-32-30-19-17-15-13-11-9-7-2/h30,32,38,40,45-46,50H,6-29,31,33-37,39,41-44H2,1-5H3,(H-,48,51,52,53)/b32-30+,40-38+/t45-,46+/m0/s1. The van der Waals surface area contributed by atoms with Gasteiger partial charge in [0.2, 0.25) is 5.91 Å². The Balaban J connectivity index is 4.26. The predicted molar refractivity (Wildman–Crippen MR) is 238 cm³/mol. The predicted octanol–water partition coefficient (Wildman–Crippen LogP) is 12.7. The highest BCUT2D eigenvalue weighted by Crippen LogP contribution is 2.38. The number of nitrogens with one attached hydrogen (secondary N) is 1. The molecule has 2 N–H and O–H groups in total. The van der Waals surface area contributed by atoms with Crippen LogP contribution in [0.25, 0.3) is 0 Å². The summed E-state index contributed by atoms with van der Waals surface area (Å²) in [5.41, 5.74) is 0. The number of rotatable bonds is 43. The second-order valence-corrected chi connectivity index (χ2v) is 18.9. The largest absolute Gasteiger partial charge is 0.756 e. The molecule has 9 heteroatoms. The summed E-state index contributed by atoms with van der Waals surface area (Å²) in [4.78, 5) is 25.3. The lowest BCUT2D eigenvalue weighted by Gasteiger charge is -2.29. The average molecular weight is 813 g/mol. The fraction of sp³-hybridized carbons (Fsp3) is 0.894. The number of phosphoric ester groups is 1. The van der Waals surface area contributed by atoms with Crippen LogP contribution in [0.1, 0.15) is 219 Å². The van der Waals surface area contributed by atoms with E-state index < -0.39 is 20.0 Å². The molecule has 0 saturated heterocycles. The van der Waals surface area contributed by atoms with Crippen molar-refractivity contribution in [2.45, 2.75) is 231 Å². The number of amides is 1. The Morgan fingerprint density at radius 2 is 1.00 bits per heavy atom. The van der Waals surface area contributed by atoms with Gasteiger partial charge >= 0.3 is 0 Å². The molecule has 0 radical (unpaired) electrons. The van der Waals surface area contributed by atoms with Gasteiger partial charge in [-0.15, -0.1) is 0 Å². The number of nitrogens with zero attached hydrogens (tertiary/aromatic N) is 1. The summed E-state index contributed by atoms with van der Waals surface area (Å²) in [7, 11) is 1.25. The maximum absolute atomic E-state index is 12.9. The number of carbonyl (C=O) groups is 1. The zero-order valence-electron chi connectivity index (χ0n) is 37.6. The van der Waals surface area contributed by atoms with Crippen LogP contribution in [0.2, 0.25) is 0 Å². The Bertz CT molecular complexity index is 969. The number of carbonyl (C=O) groups excluding carboxylic acids is 1. The van der Waals surface area contributed by atoms with Crippen molar-refractivity contribution in [3.8, 4) is 0 Å². The van der Waals surface area contributed by atoms with E-state index in [-0.39, 0.29) is 19.1 Å². The quantitative estimate of drug-likeness (QED) is 0.0275. The minimum Gasteiger partial charge on any atom is -0.756 e. The van der Waals surface area contributed by atoms with Gasteiger partial charge in [-0.1, -0.05) is 205 Å². The number of unbranched alkanes of at least 4 members (excludes halogenated alkanes) is 28. The van der Waals surface area contributed by atoms with E-state index in [1.54, 1.807) is 6.08 Å². The first-order chi connectivity index (χ1) is 27.0. The number of allylic oxidation sites excluding steroid dienone is 3. The molecular weight excluding hydrogens is 719 g/mol. The lowest BCUT2D eigenvalue weighted by molar-refractivity contribution is -0.870. The lowest BCUT2D eigenvalue weighted by atomic mass is 10.0. The number of hydrogen-bond acceptors (Lipinski definition) is 6. The van der Waals surface area contributed by atoms with Gasteiger partial charge in [0.1, 0.15) is 13.2 Å². The van der Waals surface area contributed by atoms with Crippen molar-refractivity contribution in [1.29, 1.82) is 0 Å². The van der Waals surface area contributed by atoms with Crippen LogP contribution in [0.3, 0.4) is 0 Å². The van der Waals surface area contributed by atoms with Crippen LogP contribution >= 0.6 is 7.82 Å². The molecule has 0 spiro atoms. The second kappa shape index (κ2) is 39.4. The molecule has 3 atom stereocenters. The van der Waals surface area contributed by atoms with Crippen LogP contribution in [0, 0.1) is 0 Å². The van der Waals surface area contributed by atoms with Crippen LogP contribution in [0.5, 0.6) is 0 Å². The molecule has 0 aromatic heterocycles. The van der Waals surface area contributed by atoms with E-state index in [0.29, 0.717) is 17.4 Å². The maximum Gasteiger partial charge on any atom is 0.268 e. The molecule has 0 aliphatic rings. The van der Waals surface area contributed by atoms with Gasteiger partial charge in [-0.2, -0.15) is 0 Å². The van der Waals surface area contributed by atoms with Crippen molar-refractivity contribution >= 4 is 13.7 Å². The molecule has 0 aliphatic carbocycles. The van der Waals surface area contributed by atoms with Crippen LogP contribution in [-0.4, -0.2) is 68.5 Å². The number of hydrogen-bond donors (Lipinski definition) is 2. The molecule has 0 aromatic rings. The van der Waals surface area contributed by atoms with E-state index in [4.69, 9.17) is 9.05 Å². The average Bonchev–Trinajstić information content (AvgIpc) is 3.15. The topological polar surface area (TPSA) is 108 Å². The molecule has 0 fully saturated rings. The zero-order valence-corrected chi connectivity index (χ0v) is 38.5. The molecule has 332 valence electrons. The van der Waals surface area contributed by atoms with Crippen LogP contribution in [0.4, 0.5) is 0 Å². The van der Waals surface area contributed by atoms with Gasteiger partial charge in [0.15, 0.2) is 0 Å². The highest BCUT2D eigenvalue weighted by Gasteiger charge is 2.23. The van der Waals surface area contributed by atoms with Crippen molar-refractivity contribution in [2.24, 2.45) is 0 Å². The number of aliphatic hydroxyl groups is 1. The summed E-state index contributed by atoms with van der Waals surface area (Å²) in [6.45, 7) is 4.62. The Hall–Kier alpha value is -1.02. The van der Waals surface area contributed by atoms with Crippen LogP contribution in [-0.2, 0) is 18.4 Å². The molecule has 1 amide bonds. The number of aliphatic hydroxyl groups excluding tert-OH is 1. The summed E-state index contributed by atoms with van der Waals surface area (Å²) in [5, 5.41) is 13.7. The molecule has 0 bridgehead atoms. The van der Waals surface area contributed by atoms with Gasteiger partial charge in [-0.3, -0.25) is 9.36 Å². The summed E-state index contributed by atoms with van der Waals surface area (Å²) in [5.74, 6) is -0.205. The number of phosphoric acid groups is 1. The molecule has 0 aliphatic heterocycles. The Morgan fingerprint density at radius 3 is 1.45 bits per heavy atom. The third-order valence-corrected chi connectivity index (χ3v) is 11.6. The third-order valence-electron chi connectivity index (χ3n) is 10.7. The van der Waals surface area contributed by atoms with Crippen LogP contribution in [0.15, 0.2) is 24.3 Å².